The molecule has 1 saturated carbocycles. The first-order chi connectivity index (χ1) is 17.2. The van der Waals surface area contributed by atoms with Crippen molar-refractivity contribution >= 4 is 23.4 Å². The number of carbonyl (C=O) groups is 1. The van der Waals surface area contributed by atoms with Crippen molar-refractivity contribution in [3.63, 3.8) is 0 Å². The smallest absolute Gasteiger partial charge is 0.251 e. The number of carbonyl (C=O) groups excluding carboxylic acids is 1. The molecule has 1 spiro atoms. The molecule has 35 heavy (non-hydrogen) atoms. The molecule has 3 heterocycles. The fourth-order valence-electron chi connectivity index (χ4n) is 4.51. The third-order valence-corrected chi connectivity index (χ3v) is 7.13. The van der Waals surface area contributed by atoms with Gasteiger partial charge < -0.3 is 19.2 Å². The molecule has 1 aliphatic heterocycles. The Labute approximate surface area is 206 Å². The highest BCUT2D eigenvalue weighted by Crippen LogP contribution is 2.47. The third-order valence-electron chi connectivity index (χ3n) is 6.16. The van der Waals surface area contributed by atoms with Gasteiger partial charge in [0.15, 0.2) is 22.4 Å². The number of benzene rings is 2. The van der Waals surface area contributed by atoms with Gasteiger partial charge in [-0.3, -0.25) is 9.36 Å². The zero-order valence-electron chi connectivity index (χ0n) is 19.0. The van der Waals surface area contributed by atoms with Crippen molar-refractivity contribution in [1.82, 2.24) is 14.8 Å². The molecule has 1 amide bonds. The fourth-order valence-corrected chi connectivity index (χ4v) is 5.25. The molecular weight excluding hydrogens is 464 g/mol. The summed E-state index contributed by atoms with van der Waals surface area (Å²) in [5.74, 6) is 2.20. The molecule has 0 radical (unpaired) electrons. The average molecular weight is 489 g/mol. The first-order valence-electron chi connectivity index (χ1n) is 11.6. The molecule has 6 rings (SSSR count). The van der Waals surface area contributed by atoms with E-state index in [1.54, 1.807) is 6.26 Å². The van der Waals surface area contributed by atoms with Crippen LogP contribution in [0.5, 0.6) is 11.5 Å². The Balaban J connectivity index is 1.14. The SMILES string of the molecule is O=C(CSc1nnc(-c2ccco2)n1Cc1ccccc1)Nc1ccc2c(c1)OC1(CCCC1)O2. The lowest BCUT2D eigenvalue weighted by Gasteiger charge is -2.21. The number of aromatic nitrogens is 3. The number of thioether (sulfide) groups is 1. The summed E-state index contributed by atoms with van der Waals surface area (Å²) in [6.45, 7) is 0.567. The second-order valence-corrected chi connectivity index (χ2v) is 9.62. The predicted octanol–water partition coefficient (Wildman–Crippen LogP) is 5.36. The van der Waals surface area contributed by atoms with Crippen LogP contribution in [0.25, 0.3) is 11.6 Å². The van der Waals surface area contributed by atoms with Crippen molar-refractivity contribution in [3.05, 3.63) is 72.5 Å². The number of anilines is 1. The average Bonchev–Trinajstić information content (AvgIpc) is 3.66. The van der Waals surface area contributed by atoms with Crippen LogP contribution in [0.1, 0.15) is 31.2 Å². The number of amides is 1. The first kappa shape index (κ1) is 21.8. The molecule has 178 valence electrons. The number of rotatable bonds is 7. The second-order valence-electron chi connectivity index (χ2n) is 8.68. The van der Waals surface area contributed by atoms with Crippen LogP contribution in [0.15, 0.2) is 76.5 Å². The Hall–Kier alpha value is -3.72. The Morgan fingerprint density at radius 1 is 1.00 bits per heavy atom. The summed E-state index contributed by atoms with van der Waals surface area (Å²) in [6, 6.07) is 19.2. The molecule has 4 aromatic rings. The van der Waals surface area contributed by atoms with E-state index in [4.69, 9.17) is 13.9 Å². The zero-order valence-corrected chi connectivity index (χ0v) is 19.8. The van der Waals surface area contributed by atoms with Gasteiger partial charge in [-0.2, -0.15) is 0 Å². The van der Waals surface area contributed by atoms with Gasteiger partial charge in [0.2, 0.25) is 11.7 Å². The maximum Gasteiger partial charge on any atom is 0.251 e. The van der Waals surface area contributed by atoms with Crippen LogP contribution in [-0.2, 0) is 11.3 Å². The minimum absolute atomic E-state index is 0.141. The van der Waals surface area contributed by atoms with Crippen molar-refractivity contribution < 1.29 is 18.7 Å². The highest BCUT2D eigenvalue weighted by Gasteiger charge is 2.44. The van der Waals surface area contributed by atoms with Gasteiger partial charge >= 0.3 is 0 Å². The molecule has 0 bridgehead atoms. The summed E-state index contributed by atoms with van der Waals surface area (Å²) < 4.78 is 19.7. The Morgan fingerprint density at radius 3 is 2.63 bits per heavy atom. The lowest BCUT2D eigenvalue weighted by Crippen LogP contribution is -2.34. The van der Waals surface area contributed by atoms with Gasteiger partial charge in [0, 0.05) is 24.6 Å². The van der Waals surface area contributed by atoms with Gasteiger partial charge in [-0.15, -0.1) is 10.2 Å². The molecule has 8 nitrogen and oxygen atoms in total. The molecule has 1 N–H and O–H groups in total. The lowest BCUT2D eigenvalue weighted by molar-refractivity contribution is -0.113. The van der Waals surface area contributed by atoms with Crippen LogP contribution in [0, 0.1) is 0 Å². The van der Waals surface area contributed by atoms with E-state index in [0.717, 1.165) is 37.0 Å². The minimum Gasteiger partial charge on any atom is -0.461 e. The van der Waals surface area contributed by atoms with Gasteiger partial charge in [0.25, 0.3) is 5.79 Å². The number of ether oxygens (including phenoxy) is 2. The van der Waals surface area contributed by atoms with E-state index in [2.05, 4.69) is 15.5 Å². The first-order valence-corrected chi connectivity index (χ1v) is 12.6. The third kappa shape index (κ3) is 4.51. The fraction of sp³-hybridized carbons (Fsp3) is 0.269. The largest absolute Gasteiger partial charge is 0.461 e. The summed E-state index contributed by atoms with van der Waals surface area (Å²) >= 11 is 1.33. The Morgan fingerprint density at radius 2 is 1.83 bits per heavy atom. The number of fused-ring (bicyclic) bond motifs is 1. The Bertz CT molecular complexity index is 1330. The van der Waals surface area contributed by atoms with Crippen molar-refractivity contribution in [1.29, 1.82) is 0 Å². The zero-order chi connectivity index (χ0) is 23.7. The molecular formula is C26H24N4O4S. The molecule has 2 aromatic carbocycles. The van der Waals surface area contributed by atoms with E-state index in [0.29, 0.717) is 34.7 Å². The van der Waals surface area contributed by atoms with Crippen LogP contribution >= 0.6 is 11.8 Å². The second kappa shape index (κ2) is 9.14. The predicted molar refractivity (Wildman–Crippen MR) is 132 cm³/mol. The van der Waals surface area contributed by atoms with E-state index in [1.165, 1.54) is 11.8 Å². The molecule has 2 aromatic heterocycles. The van der Waals surface area contributed by atoms with E-state index in [9.17, 15) is 4.79 Å². The molecule has 2 aliphatic rings. The minimum atomic E-state index is -0.519. The monoisotopic (exact) mass is 488 g/mol. The maximum atomic E-state index is 12.8. The van der Waals surface area contributed by atoms with Crippen LogP contribution in [0.2, 0.25) is 0 Å². The molecule has 9 heteroatoms. The van der Waals surface area contributed by atoms with E-state index >= 15 is 0 Å². The van der Waals surface area contributed by atoms with Crippen LogP contribution in [0.4, 0.5) is 5.69 Å². The number of hydrogen-bond acceptors (Lipinski definition) is 7. The lowest BCUT2D eigenvalue weighted by atomic mass is 10.2. The molecule has 0 unspecified atom stereocenters. The number of hydrogen-bond donors (Lipinski definition) is 1. The molecule has 0 saturated heterocycles. The summed E-state index contributed by atoms with van der Waals surface area (Å²) in [6.07, 6.45) is 5.60. The van der Waals surface area contributed by atoms with Crippen LogP contribution < -0.4 is 14.8 Å². The number of furan rings is 1. The van der Waals surface area contributed by atoms with Gasteiger partial charge in [-0.05, 0) is 42.7 Å². The highest BCUT2D eigenvalue weighted by atomic mass is 32.2. The number of nitrogens with zero attached hydrogens (tertiary/aromatic N) is 3. The highest BCUT2D eigenvalue weighted by molar-refractivity contribution is 7.99. The summed E-state index contributed by atoms with van der Waals surface area (Å²) in [5, 5.41) is 12.3. The normalized spacial score (nSPS) is 15.5. The van der Waals surface area contributed by atoms with E-state index in [1.807, 2.05) is 65.2 Å². The van der Waals surface area contributed by atoms with Crippen molar-refractivity contribution in [2.75, 3.05) is 11.1 Å². The standard InChI is InChI=1S/C26H24N4O4S/c31-23(27-19-10-11-20-22(15-19)34-26(33-20)12-4-5-13-26)17-35-25-29-28-24(21-9-6-14-32-21)30(25)16-18-7-2-1-3-8-18/h1-3,6-11,14-15H,4-5,12-13,16-17H2,(H,27,31). The van der Waals surface area contributed by atoms with E-state index < -0.39 is 5.79 Å². The molecule has 1 fully saturated rings. The van der Waals surface area contributed by atoms with Gasteiger partial charge in [-0.25, -0.2) is 0 Å². The van der Waals surface area contributed by atoms with Crippen LogP contribution in [-0.4, -0.2) is 32.2 Å². The maximum absolute atomic E-state index is 12.8. The number of nitrogens with one attached hydrogen (secondary N) is 1. The topological polar surface area (TPSA) is 91.4 Å². The van der Waals surface area contributed by atoms with Crippen molar-refractivity contribution in [2.24, 2.45) is 0 Å². The summed E-state index contributed by atoms with van der Waals surface area (Å²) in [5.41, 5.74) is 1.78. The van der Waals surface area contributed by atoms with Crippen LogP contribution in [0.3, 0.4) is 0 Å². The van der Waals surface area contributed by atoms with Gasteiger partial charge in [0.1, 0.15) is 0 Å². The Kier molecular flexibility index (Phi) is 5.69. The van der Waals surface area contributed by atoms with E-state index in [-0.39, 0.29) is 11.7 Å². The van der Waals surface area contributed by atoms with Gasteiger partial charge in [-0.1, -0.05) is 42.1 Å². The summed E-state index contributed by atoms with van der Waals surface area (Å²) in [7, 11) is 0. The quantitative estimate of drug-likeness (QED) is 0.350. The van der Waals surface area contributed by atoms with Gasteiger partial charge in [0.05, 0.1) is 18.6 Å². The summed E-state index contributed by atoms with van der Waals surface area (Å²) in [4.78, 5) is 12.8. The van der Waals surface area contributed by atoms with Crippen molar-refractivity contribution in [2.45, 2.75) is 43.2 Å². The molecule has 1 aliphatic carbocycles. The molecule has 0 atom stereocenters. The van der Waals surface area contributed by atoms with Crippen molar-refractivity contribution in [3.8, 4) is 23.1 Å².